The number of nitrogens with one attached hydrogen (secondary N) is 3. The smallest absolute Gasteiger partial charge is 0.304 e. The molecule has 2 aromatic carbocycles. The number of benzene rings is 2. The van der Waals surface area contributed by atoms with E-state index in [9.17, 15) is 19.2 Å². The van der Waals surface area contributed by atoms with Gasteiger partial charge in [0, 0.05) is 19.4 Å². The average Bonchev–Trinajstić information content (AvgIpc) is 2.76. The molecule has 3 rings (SSSR count). The summed E-state index contributed by atoms with van der Waals surface area (Å²) in [7, 11) is 0. The van der Waals surface area contributed by atoms with Crippen LogP contribution in [0.2, 0.25) is 0 Å². The largest absolute Gasteiger partial charge is 0.439 e. The van der Waals surface area contributed by atoms with Gasteiger partial charge in [-0.2, -0.15) is 0 Å². The minimum Gasteiger partial charge on any atom is -0.439 e. The number of esters is 1. The molecule has 8 nitrogen and oxygen atoms in total. The second-order valence-electron chi connectivity index (χ2n) is 7.02. The highest BCUT2D eigenvalue weighted by Crippen LogP contribution is 2.10. The number of hydrogen-bond donors (Lipinski definition) is 3. The Hall–Kier alpha value is -3.94. The predicted molar refractivity (Wildman–Crippen MR) is 113 cm³/mol. The van der Waals surface area contributed by atoms with Crippen molar-refractivity contribution in [2.75, 3.05) is 0 Å². The lowest BCUT2D eigenvalue weighted by Gasteiger charge is -2.36. The Kier molecular flexibility index (Phi) is 7.16. The van der Waals surface area contributed by atoms with Crippen LogP contribution >= 0.6 is 0 Å². The summed E-state index contributed by atoms with van der Waals surface area (Å²) in [6.45, 7) is 1.21. The van der Waals surface area contributed by atoms with E-state index in [1.165, 1.54) is 13.0 Å². The summed E-state index contributed by atoms with van der Waals surface area (Å²) in [6, 6.07) is 16.5. The highest BCUT2D eigenvalue weighted by Gasteiger charge is 2.43. The van der Waals surface area contributed by atoms with Crippen molar-refractivity contribution >= 4 is 29.8 Å². The number of amides is 3. The Morgan fingerprint density at radius 3 is 2.32 bits per heavy atom. The van der Waals surface area contributed by atoms with Crippen molar-refractivity contribution in [3.05, 3.63) is 77.9 Å². The van der Waals surface area contributed by atoms with Crippen molar-refractivity contribution in [3.8, 4) is 0 Å². The fourth-order valence-electron chi connectivity index (χ4n) is 3.04. The van der Waals surface area contributed by atoms with Crippen LogP contribution in [0.25, 0.3) is 6.08 Å². The van der Waals surface area contributed by atoms with Gasteiger partial charge in [-0.15, -0.1) is 0 Å². The van der Waals surface area contributed by atoms with Gasteiger partial charge in [0.2, 0.25) is 18.0 Å². The van der Waals surface area contributed by atoms with Crippen LogP contribution in [-0.2, 0) is 30.3 Å². The fraction of sp³-hybridized carbons (Fsp3) is 0.217. The van der Waals surface area contributed by atoms with Crippen molar-refractivity contribution < 1.29 is 23.9 Å². The molecule has 0 aromatic heterocycles. The summed E-state index contributed by atoms with van der Waals surface area (Å²) in [5.74, 6) is -2.05. The standard InChI is InChI=1S/C23H23N3O5/c1-15(27)31-23-20(22(30)26-23)25-21(29)18(14-17-10-6-3-7-11-17)24-19(28)13-12-16-8-4-2-5-9-16/h2-13,18,20,23H,14H2,1H3,(H,24,28)(H,25,29)(H,26,30)/t18-,20+,23-/m0/s1. The molecule has 8 heteroatoms. The fourth-order valence-corrected chi connectivity index (χ4v) is 3.04. The van der Waals surface area contributed by atoms with Crippen LogP contribution in [0.15, 0.2) is 66.7 Å². The first-order chi connectivity index (χ1) is 14.9. The maximum atomic E-state index is 12.9. The molecule has 0 spiro atoms. The lowest BCUT2D eigenvalue weighted by atomic mass is 10.0. The summed E-state index contributed by atoms with van der Waals surface area (Å²) in [5, 5.41) is 7.64. The molecule has 1 heterocycles. The van der Waals surface area contributed by atoms with Crippen molar-refractivity contribution in [2.24, 2.45) is 0 Å². The Bertz CT molecular complexity index is 975. The zero-order valence-corrected chi connectivity index (χ0v) is 16.9. The number of hydrogen-bond acceptors (Lipinski definition) is 5. The number of carbonyl (C=O) groups is 4. The third kappa shape index (κ3) is 6.27. The third-order valence-corrected chi connectivity index (χ3v) is 4.60. The summed E-state index contributed by atoms with van der Waals surface area (Å²) in [4.78, 5) is 48.3. The van der Waals surface area contributed by atoms with Gasteiger partial charge >= 0.3 is 5.97 Å². The molecular formula is C23H23N3O5. The molecule has 3 amide bonds. The van der Waals surface area contributed by atoms with Gasteiger partial charge in [-0.3, -0.25) is 19.2 Å². The number of ether oxygens (including phenoxy) is 1. The van der Waals surface area contributed by atoms with Crippen molar-refractivity contribution in [2.45, 2.75) is 31.7 Å². The lowest BCUT2D eigenvalue weighted by Crippen LogP contribution is -2.71. The molecule has 0 saturated carbocycles. The topological polar surface area (TPSA) is 114 Å². The van der Waals surface area contributed by atoms with Gasteiger partial charge in [-0.05, 0) is 17.2 Å². The second kappa shape index (κ2) is 10.2. The minimum atomic E-state index is -1.01. The maximum Gasteiger partial charge on any atom is 0.304 e. The Morgan fingerprint density at radius 1 is 1.06 bits per heavy atom. The summed E-state index contributed by atoms with van der Waals surface area (Å²) in [5.41, 5.74) is 1.68. The molecule has 1 fully saturated rings. The molecule has 1 aliphatic heterocycles. The summed E-state index contributed by atoms with van der Waals surface area (Å²) < 4.78 is 4.95. The molecule has 2 aromatic rings. The van der Waals surface area contributed by atoms with Gasteiger partial charge in [0.15, 0.2) is 6.04 Å². The first-order valence-electron chi connectivity index (χ1n) is 9.78. The normalized spacial score (nSPS) is 18.4. The molecule has 1 aliphatic rings. The highest BCUT2D eigenvalue weighted by atomic mass is 16.6. The van der Waals surface area contributed by atoms with E-state index < -0.39 is 42.0 Å². The highest BCUT2D eigenvalue weighted by molar-refractivity contribution is 5.98. The predicted octanol–water partition coefficient (Wildman–Crippen LogP) is 0.931. The number of β-lactam (4-membered cyclic amide) rings is 1. The van der Waals surface area contributed by atoms with Crippen molar-refractivity contribution in [1.82, 2.24) is 16.0 Å². The average molecular weight is 421 g/mol. The maximum absolute atomic E-state index is 12.9. The first kappa shape index (κ1) is 21.8. The quantitative estimate of drug-likeness (QED) is 0.333. The van der Waals surface area contributed by atoms with Gasteiger partial charge in [0.25, 0.3) is 5.91 Å². The summed E-state index contributed by atoms with van der Waals surface area (Å²) >= 11 is 0. The van der Waals surface area contributed by atoms with Crippen LogP contribution in [0.1, 0.15) is 18.1 Å². The molecule has 0 unspecified atom stereocenters. The lowest BCUT2D eigenvalue weighted by molar-refractivity contribution is -0.164. The van der Waals surface area contributed by atoms with E-state index in [1.807, 2.05) is 60.7 Å². The molecule has 3 N–H and O–H groups in total. The molecule has 1 saturated heterocycles. The van der Waals surface area contributed by atoms with Crippen LogP contribution in [0.3, 0.4) is 0 Å². The van der Waals surface area contributed by atoms with Crippen LogP contribution in [-0.4, -0.2) is 42.0 Å². The molecule has 3 atom stereocenters. The van der Waals surface area contributed by atoms with Crippen molar-refractivity contribution in [1.29, 1.82) is 0 Å². The van der Waals surface area contributed by atoms with E-state index in [0.717, 1.165) is 11.1 Å². The Labute approximate surface area is 179 Å². The van der Waals surface area contributed by atoms with E-state index in [0.29, 0.717) is 0 Å². The van der Waals surface area contributed by atoms with E-state index >= 15 is 0 Å². The van der Waals surface area contributed by atoms with E-state index in [2.05, 4.69) is 16.0 Å². The molecule has 31 heavy (non-hydrogen) atoms. The summed E-state index contributed by atoms with van der Waals surface area (Å²) in [6.07, 6.45) is 2.28. The van der Waals surface area contributed by atoms with E-state index in [1.54, 1.807) is 6.08 Å². The monoisotopic (exact) mass is 421 g/mol. The number of rotatable bonds is 8. The molecule has 0 radical (unpaired) electrons. The zero-order valence-electron chi connectivity index (χ0n) is 16.9. The Morgan fingerprint density at radius 2 is 1.71 bits per heavy atom. The molecular weight excluding hydrogens is 398 g/mol. The first-order valence-corrected chi connectivity index (χ1v) is 9.78. The second-order valence-corrected chi connectivity index (χ2v) is 7.02. The van der Waals surface area contributed by atoms with Gasteiger partial charge in [-0.25, -0.2) is 0 Å². The van der Waals surface area contributed by atoms with E-state index in [-0.39, 0.29) is 6.42 Å². The van der Waals surface area contributed by atoms with Gasteiger partial charge in [-0.1, -0.05) is 60.7 Å². The minimum absolute atomic E-state index is 0.226. The molecule has 160 valence electrons. The van der Waals surface area contributed by atoms with Gasteiger partial charge in [0.05, 0.1) is 0 Å². The van der Waals surface area contributed by atoms with Gasteiger partial charge < -0.3 is 20.7 Å². The Balaban J connectivity index is 1.69. The van der Waals surface area contributed by atoms with Crippen LogP contribution in [0, 0.1) is 0 Å². The third-order valence-electron chi connectivity index (χ3n) is 4.60. The van der Waals surface area contributed by atoms with Gasteiger partial charge in [0.1, 0.15) is 6.04 Å². The molecule has 0 aliphatic carbocycles. The molecule has 0 bridgehead atoms. The SMILES string of the molecule is CC(=O)O[C@@H]1NC(=O)[C@H]1NC(=O)[C@H](Cc1ccccc1)NC(=O)C=Cc1ccccc1. The zero-order chi connectivity index (χ0) is 22.2. The van der Waals surface area contributed by atoms with Crippen molar-refractivity contribution in [3.63, 3.8) is 0 Å². The van der Waals surface area contributed by atoms with Crippen LogP contribution in [0.5, 0.6) is 0 Å². The number of carbonyl (C=O) groups excluding carboxylic acids is 4. The van der Waals surface area contributed by atoms with E-state index in [4.69, 9.17) is 4.74 Å². The van der Waals surface area contributed by atoms with Crippen LogP contribution in [0.4, 0.5) is 0 Å². The van der Waals surface area contributed by atoms with Crippen LogP contribution < -0.4 is 16.0 Å².